The summed E-state index contributed by atoms with van der Waals surface area (Å²) in [6.07, 6.45) is 2.13. The number of aromatic amines is 1. The molecular formula is C14H13FN2O. The molecular weight excluding hydrogens is 231 g/mol. The van der Waals surface area contributed by atoms with Gasteiger partial charge in [-0.25, -0.2) is 9.37 Å². The molecule has 0 aliphatic heterocycles. The molecule has 0 atom stereocenters. The molecule has 92 valence electrons. The molecule has 0 unspecified atom stereocenters. The number of benzene rings is 1. The highest BCUT2D eigenvalue weighted by Crippen LogP contribution is 2.38. The maximum atomic E-state index is 13.3. The zero-order valence-electron chi connectivity index (χ0n) is 10.0. The van der Waals surface area contributed by atoms with E-state index in [4.69, 9.17) is 0 Å². The minimum Gasteiger partial charge on any atom is -0.310 e. The second-order valence-corrected chi connectivity index (χ2v) is 4.75. The van der Waals surface area contributed by atoms with Crippen molar-refractivity contribution in [3.05, 3.63) is 51.8 Å². The van der Waals surface area contributed by atoms with Crippen LogP contribution in [0.5, 0.6) is 0 Å². The highest BCUT2D eigenvalue weighted by molar-refractivity contribution is 5.63. The predicted octanol–water partition coefficient (Wildman–Crippen LogP) is 2.76. The number of nitrogens with one attached hydrogen (secondary N) is 1. The number of halogens is 1. The van der Waals surface area contributed by atoms with Gasteiger partial charge in [-0.1, -0.05) is 6.07 Å². The molecule has 4 heteroatoms. The van der Waals surface area contributed by atoms with Crippen molar-refractivity contribution in [3.8, 4) is 11.3 Å². The topological polar surface area (TPSA) is 45.8 Å². The number of nitrogens with zero attached hydrogens (tertiary/aromatic N) is 1. The third kappa shape index (κ3) is 2.06. The van der Waals surface area contributed by atoms with Crippen molar-refractivity contribution in [1.29, 1.82) is 0 Å². The van der Waals surface area contributed by atoms with Gasteiger partial charge in [-0.15, -0.1) is 0 Å². The zero-order chi connectivity index (χ0) is 12.7. The first-order chi connectivity index (χ1) is 8.63. The second-order valence-electron chi connectivity index (χ2n) is 4.75. The molecule has 1 fully saturated rings. The van der Waals surface area contributed by atoms with Gasteiger partial charge in [-0.05, 0) is 37.5 Å². The van der Waals surface area contributed by atoms with Crippen LogP contribution in [-0.2, 0) is 0 Å². The molecule has 0 bridgehead atoms. The third-order valence-electron chi connectivity index (χ3n) is 3.20. The largest absolute Gasteiger partial charge is 0.310 e. The minimum absolute atomic E-state index is 0.175. The van der Waals surface area contributed by atoms with Gasteiger partial charge < -0.3 is 4.98 Å². The van der Waals surface area contributed by atoms with Gasteiger partial charge in [0.1, 0.15) is 11.6 Å². The lowest BCUT2D eigenvalue weighted by molar-refractivity contribution is 0.628. The van der Waals surface area contributed by atoms with Crippen molar-refractivity contribution in [2.24, 2.45) is 0 Å². The van der Waals surface area contributed by atoms with E-state index in [1.54, 1.807) is 6.07 Å². The van der Waals surface area contributed by atoms with E-state index < -0.39 is 0 Å². The normalized spacial score (nSPS) is 14.8. The van der Waals surface area contributed by atoms with Crippen LogP contribution in [0.15, 0.2) is 29.1 Å². The van der Waals surface area contributed by atoms with Gasteiger partial charge in [0.05, 0.1) is 5.69 Å². The maximum absolute atomic E-state index is 13.3. The van der Waals surface area contributed by atoms with Crippen LogP contribution in [0.4, 0.5) is 4.39 Å². The molecule has 3 rings (SSSR count). The summed E-state index contributed by atoms with van der Waals surface area (Å²) in [5, 5.41) is 0. The van der Waals surface area contributed by atoms with Crippen LogP contribution in [0.3, 0.4) is 0 Å². The Labute approximate surface area is 104 Å². The molecule has 2 aromatic rings. The highest BCUT2D eigenvalue weighted by Gasteiger charge is 2.26. The van der Waals surface area contributed by atoms with Crippen molar-refractivity contribution in [2.75, 3.05) is 0 Å². The SMILES string of the molecule is Cc1ccc(F)cc1-c1cc(=O)[nH]c(C2CC2)n1. The van der Waals surface area contributed by atoms with E-state index in [1.807, 2.05) is 6.92 Å². The number of aryl methyl sites for hydroxylation is 1. The Morgan fingerprint density at radius 2 is 2.11 bits per heavy atom. The maximum Gasteiger partial charge on any atom is 0.251 e. The van der Waals surface area contributed by atoms with Gasteiger partial charge in [-0.3, -0.25) is 4.79 Å². The van der Waals surface area contributed by atoms with E-state index in [-0.39, 0.29) is 11.4 Å². The predicted molar refractivity (Wildman–Crippen MR) is 67.0 cm³/mol. The molecule has 0 amide bonds. The van der Waals surface area contributed by atoms with Crippen LogP contribution in [0, 0.1) is 12.7 Å². The Balaban J connectivity index is 2.15. The molecule has 1 saturated carbocycles. The van der Waals surface area contributed by atoms with Crippen LogP contribution in [-0.4, -0.2) is 9.97 Å². The van der Waals surface area contributed by atoms with Gasteiger partial charge >= 0.3 is 0 Å². The summed E-state index contributed by atoms with van der Waals surface area (Å²) in [7, 11) is 0. The van der Waals surface area contributed by atoms with Crippen LogP contribution in [0.1, 0.15) is 30.1 Å². The van der Waals surface area contributed by atoms with E-state index >= 15 is 0 Å². The summed E-state index contributed by atoms with van der Waals surface area (Å²) in [6, 6.07) is 5.96. The molecule has 1 heterocycles. The third-order valence-corrected chi connectivity index (χ3v) is 3.20. The Hall–Kier alpha value is -1.97. The van der Waals surface area contributed by atoms with Crippen molar-refractivity contribution in [3.63, 3.8) is 0 Å². The first-order valence-electron chi connectivity index (χ1n) is 6.01. The van der Waals surface area contributed by atoms with E-state index in [2.05, 4.69) is 9.97 Å². The number of aromatic nitrogens is 2. The molecule has 1 aliphatic carbocycles. The van der Waals surface area contributed by atoms with E-state index in [9.17, 15) is 9.18 Å². The Morgan fingerprint density at radius 3 is 2.83 bits per heavy atom. The summed E-state index contributed by atoms with van der Waals surface area (Å²) in [6.45, 7) is 1.88. The molecule has 18 heavy (non-hydrogen) atoms. The molecule has 1 aromatic heterocycles. The Morgan fingerprint density at radius 1 is 1.33 bits per heavy atom. The minimum atomic E-state index is -0.314. The molecule has 0 spiro atoms. The standard InChI is InChI=1S/C14H13FN2O/c1-8-2-5-10(15)6-11(8)12-7-13(18)17-14(16-12)9-3-4-9/h2,5-7,9H,3-4H2,1H3,(H,16,17,18). The number of H-pyrrole nitrogens is 1. The van der Waals surface area contributed by atoms with Gasteiger partial charge in [0, 0.05) is 17.5 Å². The number of hydrogen-bond acceptors (Lipinski definition) is 2. The number of hydrogen-bond donors (Lipinski definition) is 1. The smallest absolute Gasteiger partial charge is 0.251 e. The zero-order valence-corrected chi connectivity index (χ0v) is 10.0. The molecule has 1 aromatic carbocycles. The van der Waals surface area contributed by atoms with Crippen LogP contribution in [0.2, 0.25) is 0 Å². The summed E-state index contributed by atoms with van der Waals surface area (Å²) < 4.78 is 13.3. The van der Waals surface area contributed by atoms with Gasteiger partial charge in [0.25, 0.3) is 5.56 Å². The summed E-state index contributed by atoms with van der Waals surface area (Å²) in [5.74, 6) is 0.776. The Kier molecular flexibility index (Phi) is 2.51. The quantitative estimate of drug-likeness (QED) is 0.882. The first kappa shape index (κ1) is 11.1. The van der Waals surface area contributed by atoms with Crippen molar-refractivity contribution in [1.82, 2.24) is 9.97 Å². The van der Waals surface area contributed by atoms with Gasteiger partial charge in [0.15, 0.2) is 0 Å². The lowest BCUT2D eigenvalue weighted by Crippen LogP contribution is -2.10. The summed E-state index contributed by atoms with van der Waals surface area (Å²) in [5.41, 5.74) is 1.97. The fourth-order valence-electron chi connectivity index (χ4n) is 2.03. The van der Waals surface area contributed by atoms with Gasteiger partial charge in [0.2, 0.25) is 0 Å². The lowest BCUT2D eigenvalue weighted by Gasteiger charge is -2.06. The van der Waals surface area contributed by atoms with Gasteiger partial charge in [-0.2, -0.15) is 0 Å². The van der Waals surface area contributed by atoms with E-state index in [0.717, 1.165) is 24.2 Å². The average Bonchev–Trinajstić information content (AvgIpc) is 3.15. The van der Waals surface area contributed by atoms with Crippen molar-refractivity contribution in [2.45, 2.75) is 25.7 Å². The fourth-order valence-corrected chi connectivity index (χ4v) is 2.03. The van der Waals surface area contributed by atoms with Crippen LogP contribution in [0.25, 0.3) is 11.3 Å². The fraction of sp³-hybridized carbons (Fsp3) is 0.286. The molecule has 1 aliphatic rings. The molecule has 1 N–H and O–H groups in total. The lowest BCUT2D eigenvalue weighted by atomic mass is 10.1. The average molecular weight is 244 g/mol. The summed E-state index contributed by atoms with van der Waals surface area (Å²) >= 11 is 0. The second kappa shape index (κ2) is 4.05. The van der Waals surface area contributed by atoms with E-state index in [1.165, 1.54) is 18.2 Å². The molecule has 3 nitrogen and oxygen atoms in total. The Bertz CT molecular complexity index is 659. The van der Waals surface area contributed by atoms with E-state index in [0.29, 0.717) is 17.2 Å². The number of rotatable bonds is 2. The van der Waals surface area contributed by atoms with Crippen molar-refractivity contribution >= 4 is 0 Å². The van der Waals surface area contributed by atoms with Crippen LogP contribution >= 0.6 is 0 Å². The molecule has 0 saturated heterocycles. The highest BCUT2D eigenvalue weighted by atomic mass is 19.1. The molecule has 0 radical (unpaired) electrons. The van der Waals surface area contributed by atoms with Crippen molar-refractivity contribution < 1.29 is 4.39 Å². The monoisotopic (exact) mass is 244 g/mol. The first-order valence-corrected chi connectivity index (χ1v) is 6.01. The van der Waals surface area contributed by atoms with Crippen LogP contribution < -0.4 is 5.56 Å². The summed E-state index contributed by atoms with van der Waals surface area (Å²) in [4.78, 5) is 18.8.